The lowest BCUT2D eigenvalue weighted by Gasteiger charge is -2.31. The fourth-order valence-electron chi connectivity index (χ4n) is 2.18. The highest BCUT2D eigenvalue weighted by molar-refractivity contribution is 5.85. The van der Waals surface area contributed by atoms with Crippen molar-refractivity contribution in [3.63, 3.8) is 0 Å². The first kappa shape index (κ1) is 12.9. The Morgan fingerprint density at radius 2 is 2.25 bits per heavy atom. The van der Waals surface area contributed by atoms with Crippen molar-refractivity contribution in [3.05, 3.63) is 21.9 Å². The maximum atomic E-state index is 11.8. The molecule has 0 saturated heterocycles. The van der Waals surface area contributed by atoms with Gasteiger partial charge in [-0.05, 0) is 31.8 Å². The number of carbonyl (C=O) groups excluding carboxylic acids is 1. The molecule has 1 rings (SSSR count). The van der Waals surface area contributed by atoms with Crippen molar-refractivity contribution in [2.24, 2.45) is 5.41 Å². The summed E-state index contributed by atoms with van der Waals surface area (Å²) in [7, 11) is 0. The summed E-state index contributed by atoms with van der Waals surface area (Å²) in [5, 5.41) is 10.4. The van der Waals surface area contributed by atoms with E-state index >= 15 is 0 Å². The van der Waals surface area contributed by atoms with Gasteiger partial charge in [0.25, 0.3) is 0 Å². The third-order valence-corrected chi connectivity index (χ3v) is 3.48. The van der Waals surface area contributed by atoms with E-state index in [-0.39, 0.29) is 16.0 Å². The second-order valence-electron chi connectivity index (χ2n) is 4.83. The van der Waals surface area contributed by atoms with Crippen molar-refractivity contribution in [3.8, 4) is 0 Å². The fraction of sp³-hybridized carbons (Fsp3) is 0.750. The van der Waals surface area contributed by atoms with Gasteiger partial charge in [0.05, 0.1) is 4.92 Å². The van der Waals surface area contributed by atoms with Crippen molar-refractivity contribution >= 4 is 5.78 Å². The zero-order valence-electron chi connectivity index (χ0n) is 9.99. The lowest BCUT2D eigenvalue weighted by Crippen LogP contribution is -2.30. The Labute approximate surface area is 95.9 Å². The summed E-state index contributed by atoms with van der Waals surface area (Å²) in [6.07, 6.45) is 6.67. The Balaban J connectivity index is 2.50. The molecule has 4 nitrogen and oxygen atoms in total. The van der Waals surface area contributed by atoms with Crippen LogP contribution < -0.4 is 0 Å². The van der Waals surface area contributed by atoms with Crippen molar-refractivity contribution in [2.45, 2.75) is 52.4 Å². The molecular formula is C12H19NO3. The minimum atomic E-state index is -0.384. The highest BCUT2D eigenvalue weighted by Gasteiger charge is 2.34. The predicted octanol–water partition coefficient (Wildman–Crippen LogP) is 3.10. The van der Waals surface area contributed by atoms with Gasteiger partial charge < -0.3 is 0 Å². The molecule has 0 bridgehead atoms. The van der Waals surface area contributed by atoms with Gasteiger partial charge in [0.1, 0.15) is 5.78 Å². The van der Waals surface area contributed by atoms with Gasteiger partial charge in [-0.1, -0.05) is 13.3 Å². The van der Waals surface area contributed by atoms with E-state index in [0.29, 0.717) is 18.6 Å². The molecule has 1 fully saturated rings. The van der Waals surface area contributed by atoms with Crippen LogP contribution >= 0.6 is 0 Å². The van der Waals surface area contributed by atoms with Crippen molar-refractivity contribution in [1.82, 2.24) is 0 Å². The topological polar surface area (TPSA) is 60.2 Å². The Morgan fingerprint density at radius 3 is 2.81 bits per heavy atom. The number of rotatable bonds is 4. The number of nitro groups is 1. The first-order valence-corrected chi connectivity index (χ1v) is 5.80. The molecule has 0 radical (unpaired) electrons. The van der Waals surface area contributed by atoms with Crippen LogP contribution in [0.3, 0.4) is 0 Å². The highest BCUT2D eigenvalue weighted by atomic mass is 16.6. The molecule has 0 aromatic carbocycles. The number of Topliss-reactive ketones (excluding diaryl/α,β-unsaturated/α-hetero) is 1. The monoisotopic (exact) mass is 225 g/mol. The molecule has 0 heterocycles. The van der Waals surface area contributed by atoms with Crippen molar-refractivity contribution < 1.29 is 9.72 Å². The summed E-state index contributed by atoms with van der Waals surface area (Å²) in [5.74, 6) is 0.325. The van der Waals surface area contributed by atoms with Crippen LogP contribution in [0.4, 0.5) is 0 Å². The van der Waals surface area contributed by atoms with Crippen LogP contribution in [0.5, 0.6) is 0 Å². The maximum Gasteiger partial charge on any atom is 0.239 e. The molecule has 1 atom stereocenters. The van der Waals surface area contributed by atoms with Gasteiger partial charge in [0.15, 0.2) is 0 Å². The van der Waals surface area contributed by atoms with Crippen LogP contribution in [0.1, 0.15) is 52.4 Å². The molecule has 1 aliphatic rings. The van der Waals surface area contributed by atoms with E-state index in [2.05, 4.69) is 0 Å². The normalized spacial score (nSPS) is 26.9. The van der Waals surface area contributed by atoms with Gasteiger partial charge in [-0.3, -0.25) is 14.9 Å². The molecule has 1 saturated carbocycles. The molecule has 0 spiro atoms. The van der Waals surface area contributed by atoms with Crippen molar-refractivity contribution in [2.75, 3.05) is 0 Å². The summed E-state index contributed by atoms with van der Waals surface area (Å²) >= 11 is 0. The van der Waals surface area contributed by atoms with E-state index in [1.807, 2.05) is 6.92 Å². The number of hydrogen-bond donors (Lipinski definition) is 0. The number of hydrogen-bond acceptors (Lipinski definition) is 3. The van der Waals surface area contributed by atoms with E-state index in [4.69, 9.17) is 0 Å². The van der Waals surface area contributed by atoms with Crippen LogP contribution in [-0.4, -0.2) is 10.7 Å². The van der Waals surface area contributed by atoms with Gasteiger partial charge in [-0.15, -0.1) is 0 Å². The zero-order chi connectivity index (χ0) is 12.2. The Hall–Kier alpha value is -1.19. The van der Waals surface area contributed by atoms with E-state index in [9.17, 15) is 14.9 Å². The Bertz CT molecular complexity index is 322. The minimum absolute atomic E-state index is 0.173. The average molecular weight is 225 g/mol. The third kappa shape index (κ3) is 3.15. The van der Waals surface area contributed by atoms with Gasteiger partial charge in [0.2, 0.25) is 5.70 Å². The maximum absolute atomic E-state index is 11.8. The fourth-order valence-corrected chi connectivity index (χ4v) is 2.18. The summed E-state index contributed by atoms with van der Waals surface area (Å²) < 4.78 is 0. The molecule has 0 aromatic rings. The molecule has 0 N–H and O–H groups in total. The highest BCUT2D eigenvalue weighted by Crippen LogP contribution is 2.36. The second kappa shape index (κ2) is 5.23. The number of allylic oxidation sites excluding steroid dienone is 2. The smallest absolute Gasteiger partial charge is 0.239 e. The summed E-state index contributed by atoms with van der Waals surface area (Å²) in [4.78, 5) is 21.8. The number of ketones is 1. The summed E-state index contributed by atoms with van der Waals surface area (Å²) in [5.41, 5.74) is -0.0714. The number of carbonyl (C=O) groups is 1. The zero-order valence-corrected chi connectivity index (χ0v) is 9.99. The van der Waals surface area contributed by atoms with E-state index in [1.165, 1.54) is 6.92 Å². The molecule has 0 aliphatic heterocycles. The molecule has 16 heavy (non-hydrogen) atoms. The standard InChI is InChI=1S/C12H19NO3/c1-10(13(15)16)6-5-9-12(2)8-4-3-7-11(12)14/h6H,3-5,7-9H2,1-2H3. The van der Waals surface area contributed by atoms with Gasteiger partial charge >= 0.3 is 0 Å². The average Bonchev–Trinajstić information content (AvgIpc) is 2.22. The molecule has 1 aliphatic carbocycles. The summed E-state index contributed by atoms with van der Waals surface area (Å²) in [6.45, 7) is 3.48. The van der Waals surface area contributed by atoms with E-state index in [1.54, 1.807) is 6.08 Å². The quantitative estimate of drug-likeness (QED) is 0.545. The third-order valence-electron chi connectivity index (χ3n) is 3.48. The van der Waals surface area contributed by atoms with Crippen LogP contribution in [0, 0.1) is 15.5 Å². The molecule has 4 heteroatoms. The first-order valence-electron chi connectivity index (χ1n) is 5.80. The van der Waals surface area contributed by atoms with Gasteiger partial charge in [-0.2, -0.15) is 0 Å². The molecule has 90 valence electrons. The van der Waals surface area contributed by atoms with Gasteiger partial charge in [0, 0.05) is 18.8 Å². The predicted molar refractivity (Wildman–Crippen MR) is 61.6 cm³/mol. The minimum Gasteiger partial charge on any atom is -0.299 e. The van der Waals surface area contributed by atoms with Crippen LogP contribution in [0.2, 0.25) is 0 Å². The molecule has 1 unspecified atom stereocenters. The molecular weight excluding hydrogens is 206 g/mol. The van der Waals surface area contributed by atoms with Gasteiger partial charge in [-0.25, -0.2) is 0 Å². The largest absolute Gasteiger partial charge is 0.299 e. The molecule has 0 aromatic heterocycles. The SMILES string of the molecule is CC(=CCCC1(C)CCCCC1=O)[N+](=O)[O-]. The molecule has 0 amide bonds. The Kier molecular flexibility index (Phi) is 4.21. The van der Waals surface area contributed by atoms with Crippen molar-refractivity contribution in [1.29, 1.82) is 0 Å². The van der Waals surface area contributed by atoms with E-state index in [0.717, 1.165) is 25.7 Å². The van der Waals surface area contributed by atoms with Crippen LogP contribution in [0.15, 0.2) is 11.8 Å². The Morgan fingerprint density at radius 1 is 1.56 bits per heavy atom. The summed E-state index contributed by atoms with van der Waals surface area (Å²) in [6, 6.07) is 0. The first-order chi connectivity index (χ1) is 7.46. The lowest BCUT2D eigenvalue weighted by molar-refractivity contribution is -0.424. The number of nitrogens with zero attached hydrogens (tertiary/aromatic N) is 1. The van der Waals surface area contributed by atoms with Crippen LogP contribution in [-0.2, 0) is 4.79 Å². The second-order valence-corrected chi connectivity index (χ2v) is 4.83. The van der Waals surface area contributed by atoms with E-state index < -0.39 is 0 Å². The lowest BCUT2D eigenvalue weighted by atomic mass is 9.72. The van der Waals surface area contributed by atoms with Crippen LogP contribution in [0.25, 0.3) is 0 Å².